The highest BCUT2D eigenvalue weighted by atomic mass is 16.5. The van der Waals surface area contributed by atoms with E-state index < -0.39 is 0 Å². The van der Waals surface area contributed by atoms with Gasteiger partial charge in [-0.15, -0.1) is 0 Å². The normalized spacial score (nSPS) is 16.6. The fraction of sp³-hybridized carbons (Fsp3) is 0.429. The lowest BCUT2D eigenvalue weighted by atomic mass is 10.1. The standard InChI is InChI=1S/C14H18N4O2/c1-10-9-11(3-4-12(10)19)13-15-14(16-20-13)18-7-5-17(2)6-8-18/h3-4,9,19H,5-8H2,1-2H3. The molecule has 1 fully saturated rings. The quantitative estimate of drug-likeness (QED) is 0.895. The van der Waals surface area contributed by atoms with Crippen molar-refractivity contribution in [3.8, 4) is 17.2 Å². The molecule has 20 heavy (non-hydrogen) atoms. The van der Waals surface area contributed by atoms with Gasteiger partial charge in [-0.1, -0.05) is 0 Å². The summed E-state index contributed by atoms with van der Waals surface area (Å²) < 4.78 is 5.33. The van der Waals surface area contributed by atoms with Crippen LogP contribution in [0, 0.1) is 6.92 Å². The number of benzene rings is 1. The van der Waals surface area contributed by atoms with Crippen LogP contribution in [0.2, 0.25) is 0 Å². The molecule has 1 saturated heterocycles. The van der Waals surface area contributed by atoms with Gasteiger partial charge >= 0.3 is 0 Å². The van der Waals surface area contributed by atoms with Crippen LogP contribution < -0.4 is 4.90 Å². The fourth-order valence-electron chi connectivity index (χ4n) is 2.26. The van der Waals surface area contributed by atoms with Crippen LogP contribution in [-0.4, -0.2) is 53.4 Å². The number of hydrogen-bond acceptors (Lipinski definition) is 6. The number of aryl methyl sites for hydroxylation is 1. The second kappa shape index (κ2) is 5.13. The molecular formula is C14H18N4O2. The van der Waals surface area contributed by atoms with Gasteiger partial charge in [0.1, 0.15) is 5.75 Å². The van der Waals surface area contributed by atoms with E-state index in [1.807, 2.05) is 13.0 Å². The van der Waals surface area contributed by atoms with Crippen molar-refractivity contribution in [2.24, 2.45) is 0 Å². The lowest BCUT2D eigenvalue weighted by Crippen LogP contribution is -2.44. The fourth-order valence-corrected chi connectivity index (χ4v) is 2.26. The maximum absolute atomic E-state index is 9.55. The van der Waals surface area contributed by atoms with Crippen LogP contribution in [0.5, 0.6) is 5.75 Å². The molecule has 0 radical (unpaired) electrons. The molecule has 0 bridgehead atoms. The van der Waals surface area contributed by atoms with Gasteiger partial charge in [0.25, 0.3) is 11.8 Å². The first-order chi connectivity index (χ1) is 9.63. The van der Waals surface area contributed by atoms with Gasteiger partial charge in [-0.3, -0.25) is 0 Å². The van der Waals surface area contributed by atoms with Crippen LogP contribution in [0.25, 0.3) is 11.5 Å². The number of rotatable bonds is 2. The Balaban J connectivity index is 1.81. The minimum Gasteiger partial charge on any atom is -0.508 e. The Morgan fingerprint density at radius 1 is 1.20 bits per heavy atom. The van der Waals surface area contributed by atoms with Gasteiger partial charge in [0.15, 0.2) is 0 Å². The van der Waals surface area contributed by atoms with Crippen molar-refractivity contribution in [3.63, 3.8) is 0 Å². The number of hydrogen-bond donors (Lipinski definition) is 1. The van der Waals surface area contributed by atoms with E-state index in [-0.39, 0.29) is 5.75 Å². The number of phenols is 1. The molecule has 1 aromatic carbocycles. The molecule has 0 aliphatic carbocycles. The van der Waals surface area contributed by atoms with E-state index in [9.17, 15) is 5.11 Å². The molecule has 0 saturated carbocycles. The first kappa shape index (κ1) is 12.9. The Bertz CT molecular complexity index is 603. The average molecular weight is 274 g/mol. The van der Waals surface area contributed by atoms with Gasteiger partial charge < -0.3 is 19.4 Å². The highest BCUT2D eigenvalue weighted by molar-refractivity contribution is 5.58. The zero-order valence-corrected chi connectivity index (χ0v) is 11.7. The lowest BCUT2D eigenvalue weighted by Gasteiger charge is -2.31. The molecule has 6 nitrogen and oxygen atoms in total. The average Bonchev–Trinajstić information content (AvgIpc) is 2.92. The van der Waals surface area contributed by atoms with Gasteiger partial charge in [0.2, 0.25) is 0 Å². The zero-order chi connectivity index (χ0) is 14.1. The third-order valence-corrected chi connectivity index (χ3v) is 3.65. The maximum atomic E-state index is 9.55. The predicted molar refractivity (Wildman–Crippen MR) is 75.8 cm³/mol. The third-order valence-electron chi connectivity index (χ3n) is 3.65. The van der Waals surface area contributed by atoms with E-state index in [1.165, 1.54) is 0 Å². The summed E-state index contributed by atoms with van der Waals surface area (Å²) in [4.78, 5) is 8.85. The van der Waals surface area contributed by atoms with E-state index >= 15 is 0 Å². The molecule has 0 amide bonds. The molecule has 106 valence electrons. The predicted octanol–water partition coefficient (Wildman–Crippen LogP) is 1.50. The topological polar surface area (TPSA) is 65.6 Å². The van der Waals surface area contributed by atoms with Crippen molar-refractivity contribution >= 4 is 5.95 Å². The van der Waals surface area contributed by atoms with Crippen molar-refractivity contribution in [1.82, 2.24) is 15.0 Å². The van der Waals surface area contributed by atoms with Crippen LogP contribution in [0.1, 0.15) is 5.56 Å². The minimum atomic E-state index is 0.271. The van der Waals surface area contributed by atoms with Crippen molar-refractivity contribution in [2.45, 2.75) is 6.92 Å². The van der Waals surface area contributed by atoms with E-state index in [0.29, 0.717) is 11.8 Å². The van der Waals surface area contributed by atoms with Gasteiger partial charge in [-0.25, -0.2) is 0 Å². The summed E-state index contributed by atoms with van der Waals surface area (Å²) in [6, 6.07) is 5.27. The number of likely N-dealkylation sites (N-methyl/N-ethyl adjacent to an activating group) is 1. The molecule has 2 heterocycles. The van der Waals surface area contributed by atoms with Gasteiger partial charge in [-0.2, -0.15) is 4.98 Å². The molecule has 0 atom stereocenters. The second-order valence-electron chi connectivity index (χ2n) is 5.19. The third kappa shape index (κ3) is 2.46. The van der Waals surface area contributed by atoms with Gasteiger partial charge in [0, 0.05) is 31.7 Å². The molecule has 3 rings (SSSR count). The molecule has 1 aliphatic rings. The number of nitrogens with zero attached hydrogens (tertiary/aromatic N) is 4. The van der Waals surface area contributed by atoms with Crippen LogP contribution in [0.15, 0.2) is 22.7 Å². The van der Waals surface area contributed by atoms with E-state index in [2.05, 4.69) is 27.0 Å². The van der Waals surface area contributed by atoms with Crippen LogP contribution >= 0.6 is 0 Å². The monoisotopic (exact) mass is 274 g/mol. The van der Waals surface area contributed by atoms with Crippen LogP contribution in [0.3, 0.4) is 0 Å². The molecule has 0 spiro atoms. The summed E-state index contributed by atoms with van der Waals surface area (Å²) in [7, 11) is 2.11. The van der Waals surface area contributed by atoms with Crippen molar-refractivity contribution in [3.05, 3.63) is 23.8 Å². The Morgan fingerprint density at radius 2 is 1.95 bits per heavy atom. The first-order valence-corrected chi connectivity index (χ1v) is 6.70. The number of aromatic nitrogens is 2. The Hall–Kier alpha value is -2.08. The van der Waals surface area contributed by atoms with E-state index in [4.69, 9.17) is 4.52 Å². The minimum absolute atomic E-state index is 0.271. The maximum Gasteiger partial charge on any atom is 0.266 e. The second-order valence-corrected chi connectivity index (χ2v) is 5.19. The highest BCUT2D eigenvalue weighted by Crippen LogP contribution is 2.25. The summed E-state index contributed by atoms with van der Waals surface area (Å²) in [6.45, 7) is 5.66. The molecular weight excluding hydrogens is 256 g/mol. The largest absolute Gasteiger partial charge is 0.508 e. The number of piperazine rings is 1. The number of phenolic OH excluding ortho intramolecular Hbond substituents is 1. The summed E-state index contributed by atoms with van der Waals surface area (Å²) in [5.74, 6) is 1.40. The summed E-state index contributed by atoms with van der Waals surface area (Å²) in [5.41, 5.74) is 1.62. The molecule has 1 aromatic heterocycles. The molecule has 2 aromatic rings. The van der Waals surface area contributed by atoms with E-state index in [0.717, 1.165) is 37.3 Å². The van der Waals surface area contributed by atoms with Gasteiger partial charge in [0.05, 0.1) is 0 Å². The van der Waals surface area contributed by atoms with Gasteiger partial charge in [-0.05, 0) is 42.9 Å². The number of aromatic hydroxyl groups is 1. The SMILES string of the molecule is Cc1cc(-c2nc(N3CCN(C)CC3)no2)ccc1O. The molecule has 6 heteroatoms. The summed E-state index contributed by atoms with van der Waals surface area (Å²) in [5, 5.41) is 13.6. The summed E-state index contributed by atoms with van der Waals surface area (Å²) >= 11 is 0. The van der Waals surface area contributed by atoms with Crippen LogP contribution in [-0.2, 0) is 0 Å². The number of anilines is 1. The molecule has 1 N–H and O–H groups in total. The Labute approximate surface area is 117 Å². The lowest BCUT2D eigenvalue weighted by molar-refractivity contribution is 0.309. The zero-order valence-electron chi connectivity index (χ0n) is 11.7. The Kier molecular flexibility index (Phi) is 3.31. The highest BCUT2D eigenvalue weighted by Gasteiger charge is 2.19. The summed E-state index contributed by atoms with van der Waals surface area (Å²) in [6.07, 6.45) is 0. The van der Waals surface area contributed by atoms with Crippen molar-refractivity contribution in [1.29, 1.82) is 0 Å². The van der Waals surface area contributed by atoms with E-state index in [1.54, 1.807) is 12.1 Å². The van der Waals surface area contributed by atoms with Crippen LogP contribution in [0.4, 0.5) is 5.95 Å². The Morgan fingerprint density at radius 3 is 2.65 bits per heavy atom. The molecule has 0 unspecified atom stereocenters. The van der Waals surface area contributed by atoms with Crippen molar-refractivity contribution in [2.75, 3.05) is 38.1 Å². The van der Waals surface area contributed by atoms with Crippen molar-refractivity contribution < 1.29 is 9.63 Å². The first-order valence-electron chi connectivity index (χ1n) is 6.70. The smallest absolute Gasteiger partial charge is 0.266 e. The molecule has 1 aliphatic heterocycles.